The van der Waals surface area contributed by atoms with Crippen molar-refractivity contribution in [3.63, 3.8) is 0 Å². The summed E-state index contributed by atoms with van der Waals surface area (Å²) in [5, 5.41) is 9.74. The average Bonchev–Trinajstić information content (AvgIpc) is 2.74. The third-order valence-corrected chi connectivity index (χ3v) is 5.58. The average molecular weight is 405 g/mol. The minimum Gasteiger partial charge on any atom is -0.508 e. The molecule has 0 aromatic heterocycles. The minimum absolute atomic E-state index is 0.123. The zero-order valence-electron chi connectivity index (χ0n) is 18.3. The van der Waals surface area contributed by atoms with Crippen LogP contribution in [-0.2, 0) is 0 Å². The van der Waals surface area contributed by atoms with Gasteiger partial charge in [0.25, 0.3) is 0 Å². The van der Waals surface area contributed by atoms with Crippen LogP contribution in [0.5, 0.6) is 5.75 Å². The Morgan fingerprint density at radius 2 is 1.13 bits per heavy atom. The van der Waals surface area contributed by atoms with Crippen LogP contribution < -0.4 is 0 Å². The summed E-state index contributed by atoms with van der Waals surface area (Å²) < 4.78 is 0. The quantitative estimate of drug-likeness (QED) is 0.267. The van der Waals surface area contributed by atoms with Gasteiger partial charge in [-0.3, -0.25) is 0 Å². The molecule has 0 saturated carbocycles. The molecule has 154 valence electrons. The van der Waals surface area contributed by atoms with Crippen molar-refractivity contribution in [1.29, 1.82) is 0 Å². The van der Waals surface area contributed by atoms with E-state index >= 15 is 0 Å². The van der Waals surface area contributed by atoms with E-state index in [0.717, 1.165) is 0 Å². The van der Waals surface area contributed by atoms with E-state index in [1.54, 1.807) is 12.1 Å². The molecule has 0 fully saturated rings. The molecule has 1 unspecified atom stereocenters. The van der Waals surface area contributed by atoms with Gasteiger partial charge in [0.15, 0.2) is 0 Å². The van der Waals surface area contributed by atoms with Gasteiger partial charge >= 0.3 is 0 Å². The molecule has 4 aromatic carbocycles. The highest BCUT2D eigenvalue weighted by Gasteiger charge is 2.17. The summed E-state index contributed by atoms with van der Waals surface area (Å²) in [7, 11) is 0. The van der Waals surface area contributed by atoms with Crippen LogP contribution in [0.25, 0.3) is 12.2 Å². The van der Waals surface area contributed by atoms with Gasteiger partial charge in [0, 0.05) is 5.92 Å². The number of phenols is 1. The van der Waals surface area contributed by atoms with E-state index in [9.17, 15) is 5.11 Å². The van der Waals surface area contributed by atoms with Gasteiger partial charge in [-0.05, 0) is 60.7 Å². The fraction of sp³-hybridized carbons (Fsp3) is 0.133. The maximum absolute atomic E-state index is 9.74. The van der Waals surface area contributed by atoms with E-state index in [1.807, 2.05) is 12.1 Å². The van der Waals surface area contributed by atoms with Crippen LogP contribution >= 0.6 is 0 Å². The Morgan fingerprint density at radius 3 is 1.74 bits per heavy atom. The number of aryl methyl sites for hydroxylation is 3. The zero-order chi connectivity index (χ0) is 21.8. The van der Waals surface area contributed by atoms with Gasteiger partial charge in [-0.15, -0.1) is 0 Å². The second kappa shape index (κ2) is 9.06. The van der Waals surface area contributed by atoms with Gasteiger partial charge in [-0.1, -0.05) is 108 Å². The van der Waals surface area contributed by atoms with Crippen LogP contribution in [0, 0.1) is 20.8 Å². The lowest BCUT2D eigenvalue weighted by Crippen LogP contribution is -2.03. The van der Waals surface area contributed by atoms with E-state index in [4.69, 9.17) is 0 Å². The molecule has 1 nitrogen and oxygen atoms in total. The molecule has 0 heterocycles. The highest BCUT2D eigenvalue weighted by molar-refractivity contribution is 5.70. The Hall–Kier alpha value is -3.58. The second-order valence-corrected chi connectivity index (χ2v) is 8.36. The topological polar surface area (TPSA) is 20.2 Å². The summed E-state index contributed by atoms with van der Waals surface area (Å²) in [6.07, 6.45) is 4.34. The molecule has 0 aliphatic carbocycles. The lowest BCUT2D eigenvalue weighted by atomic mass is 9.84. The highest BCUT2D eigenvalue weighted by atomic mass is 16.3. The third-order valence-electron chi connectivity index (χ3n) is 5.58. The van der Waals surface area contributed by atoms with Crippen molar-refractivity contribution in [2.24, 2.45) is 0 Å². The molecular formula is C30H28O. The van der Waals surface area contributed by atoms with Crippen LogP contribution in [0.1, 0.15) is 50.4 Å². The van der Waals surface area contributed by atoms with Crippen molar-refractivity contribution >= 4 is 12.2 Å². The smallest absolute Gasteiger partial charge is 0.115 e. The summed E-state index contributed by atoms with van der Waals surface area (Å²) >= 11 is 0. The van der Waals surface area contributed by atoms with Crippen LogP contribution in [-0.4, -0.2) is 5.11 Å². The van der Waals surface area contributed by atoms with Gasteiger partial charge in [-0.2, -0.15) is 0 Å². The number of benzene rings is 4. The van der Waals surface area contributed by atoms with E-state index < -0.39 is 0 Å². The fourth-order valence-electron chi connectivity index (χ4n) is 4.19. The zero-order valence-corrected chi connectivity index (χ0v) is 18.3. The van der Waals surface area contributed by atoms with Crippen molar-refractivity contribution in [3.05, 3.63) is 136 Å². The summed E-state index contributed by atoms with van der Waals surface area (Å²) in [5.41, 5.74) is 9.87. The normalized spacial score (nSPS) is 12.2. The number of hydrogen-bond acceptors (Lipinski definition) is 1. The van der Waals surface area contributed by atoms with Crippen LogP contribution in [0.15, 0.2) is 91.0 Å². The Kier molecular flexibility index (Phi) is 6.04. The first-order chi connectivity index (χ1) is 15.0. The van der Waals surface area contributed by atoms with Crippen LogP contribution in [0.2, 0.25) is 0 Å². The lowest BCUT2D eigenvalue weighted by molar-refractivity contribution is 0.475. The molecule has 4 aromatic rings. The Labute approximate surface area is 185 Å². The highest BCUT2D eigenvalue weighted by Crippen LogP contribution is 2.33. The van der Waals surface area contributed by atoms with Gasteiger partial charge < -0.3 is 5.11 Å². The van der Waals surface area contributed by atoms with E-state index in [-0.39, 0.29) is 5.92 Å². The van der Waals surface area contributed by atoms with Gasteiger partial charge in [0.05, 0.1) is 0 Å². The summed E-state index contributed by atoms with van der Waals surface area (Å²) in [6, 6.07) is 31.6. The molecule has 0 spiro atoms. The Morgan fingerprint density at radius 1 is 0.548 bits per heavy atom. The standard InChI is InChI=1S/C30H28O/c1-21-5-4-6-28(20-21)30(27-13-15-29(31)16-14-27)26-11-9-24(10-12-26)7-8-25-18-22(2)17-23(3)19-25/h4-20,30-31H,1-3H3. The first-order valence-electron chi connectivity index (χ1n) is 10.7. The predicted molar refractivity (Wildman–Crippen MR) is 132 cm³/mol. The van der Waals surface area contributed by atoms with Crippen molar-refractivity contribution in [2.75, 3.05) is 0 Å². The first-order valence-corrected chi connectivity index (χ1v) is 10.7. The monoisotopic (exact) mass is 404 g/mol. The van der Waals surface area contributed by atoms with E-state index in [1.165, 1.54) is 44.5 Å². The molecule has 0 aliphatic heterocycles. The van der Waals surface area contributed by atoms with Crippen LogP contribution in [0.4, 0.5) is 0 Å². The third kappa shape index (κ3) is 5.13. The molecule has 0 saturated heterocycles. The van der Waals surface area contributed by atoms with Crippen molar-refractivity contribution in [3.8, 4) is 5.75 Å². The largest absolute Gasteiger partial charge is 0.508 e. The molecule has 1 heteroatoms. The molecule has 0 bridgehead atoms. The summed E-state index contributed by atoms with van der Waals surface area (Å²) in [4.78, 5) is 0. The minimum atomic E-state index is 0.123. The lowest BCUT2D eigenvalue weighted by Gasteiger charge is -2.20. The summed E-state index contributed by atoms with van der Waals surface area (Å²) in [5.74, 6) is 0.413. The summed E-state index contributed by atoms with van der Waals surface area (Å²) in [6.45, 7) is 6.39. The first kappa shape index (κ1) is 20.7. The van der Waals surface area contributed by atoms with Crippen molar-refractivity contribution in [2.45, 2.75) is 26.7 Å². The van der Waals surface area contributed by atoms with Crippen LogP contribution in [0.3, 0.4) is 0 Å². The molecule has 0 aliphatic rings. The Bertz CT molecular complexity index is 1180. The molecule has 1 N–H and O–H groups in total. The SMILES string of the molecule is Cc1cc(C)cc(C=Cc2ccc(C(c3ccc(O)cc3)c3cccc(C)c3)cc2)c1. The van der Waals surface area contributed by atoms with Gasteiger partial charge in [-0.25, -0.2) is 0 Å². The number of phenolic OH excluding ortho intramolecular Hbond substituents is 1. The van der Waals surface area contributed by atoms with Crippen molar-refractivity contribution in [1.82, 2.24) is 0 Å². The fourth-order valence-corrected chi connectivity index (χ4v) is 4.19. The molecule has 0 amide bonds. The van der Waals surface area contributed by atoms with E-state index in [2.05, 4.69) is 99.7 Å². The van der Waals surface area contributed by atoms with Crippen molar-refractivity contribution < 1.29 is 5.11 Å². The van der Waals surface area contributed by atoms with Gasteiger partial charge in [0.1, 0.15) is 5.75 Å². The second-order valence-electron chi connectivity index (χ2n) is 8.36. The molecular weight excluding hydrogens is 376 g/mol. The number of aromatic hydroxyl groups is 1. The Balaban J connectivity index is 1.66. The van der Waals surface area contributed by atoms with Gasteiger partial charge in [0.2, 0.25) is 0 Å². The molecule has 0 radical (unpaired) electrons. The molecule has 4 rings (SSSR count). The number of hydrogen-bond donors (Lipinski definition) is 1. The van der Waals surface area contributed by atoms with E-state index in [0.29, 0.717) is 5.75 Å². The maximum atomic E-state index is 9.74. The maximum Gasteiger partial charge on any atom is 0.115 e. The molecule has 31 heavy (non-hydrogen) atoms. The predicted octanol–water partition coefficient (Wildman–Crippen LogP) is 7.67. The molecule has 1 atom stereocenters. The number of rotatable bonds is 5.